The molecule has 2 atom stereocenters. The molecule has 4 rings (SSSR count). The van der Waals surface area contributed by atoms with E-state index in [0.717, 1.165) is 24.0 Å². The monoisotopic (exact) mass is 515 g/mol. The number of Topliss-reactive ketones (excluding diaryl/α,β-unsaturated/α-hetero) is 1. The third-order valence-corrected chi connectivity index (χ3v) is 8.15. The van der Waals surface area contributed by atoms with Gasteiger partial charge in [0.2, 0.25) is 17.6 Å². The largest absolute Gasteiger partial charge is 0.353 e. The molecule has 1 amide bonds. The fourth-order valence-electron chi connectivity index (χ4n) is 5.97. The number of ketones is 1. The quantitative estimate of drug-likeness (QED) is 0.257. The molecular formula is C32H41N3O3. The summed E-state index contributed by atoms with van der Waals surface area (Å²) in [6, 6.07) is 17.6. The van der Waals surface area contributed by atoms with Crippen LogP contribution in [-0.2, 0) is 10.2 Å². The van der Waals surface area contributed by atoms with Gasteiger partial charge in [-0.15, -0.1) is 0 Å². The number of hydrogen-bond acceptors (Lipinski definition) is 5. The Balaban J connectivity index is 1.46. The number of aromatic nitrogens is 2. The van der Waals surface area contributed by atoms with Gasteiger partial charge in [-0.2, -0.15) is 4.98 Å². The SMILES string of the molecule is CCCC(CCCC(=O)c1ccc(-c2noc(C)n2)cc1)(C(=O)N[C@@H](C)C1CCCCC1)c1ccccc1. The van der Waals surface area contributed by atoms with Crippen LogP contribution in [0.3, 0.4) is 0 Å². The number of hydrogen-bond donors (Lipinski definition) is 1. The molecule has 1 unspecified atom stereocenters. The molecule has 1 fully saturated rings. The molecule has 0 spiro atoms. The van der Waals surface area contributed by atoms with Crippen molar-refractivity contribution < 1.29 is 14.1 Å². The van der Waals surface area contributed by atoms with Gasteiger partial charge in [-0.05, 0) is 50.5 Å². The minimum absolute atomic E-state index is 0.0790. The summed E-state index contributed by atoms with van der Waals surface area (Å²) in [6.07, 6.45) is 9.51. The van der Waals surface area contributed by atoms with E-state index >= 15 is 0 Å². The smallest absolute Gasteiger partial charge is 0.230 e. The first-order valence-electron chi connectivity index (χ1n) is 14.2. The first-order valence-corrected chi connectivity index (χ1v) is 14.2. The van der Waals surface area contributed by atoms with Crippen molar-refractivity contribution >= 4 is 11.7 Å². The first kappa shape index (κ1) is 27.7. The van der Waals surface area contributed by atoms with E-state index in [1.165, 1.54) is 32.1 Å². The number of nitrogens with one attached hydrogen (secondary N) is 1. The predicted molar refractivity (Wildman–Crippen MR) is 150 cm³/mol. The molecule has 1 aromatic heterocycles. The number of amides is 1. The van der Waals surface area contributed by atoms with Crippen LogP contribution in [0.1, 0.15) is 99.9 Å². The second-order valence-corrected chi connectivity index (χ2v) is 10.8. The van der Waals surface area contributed by atoms with Crippen LogP contribution in [0.15, 0.2) is 59.1 Å². The lowest BCUT2D eigenvalue weighted by Gasteiger charge is -2.36. The van der Waals surface area contributed by atoms with Crippen molar-refractivity contribution in [2.75, 3.05) is 0 Å². The molecule has 6 heteroatoms. The van der Waals surface area contributed by atoms with Gasteiger partial charge in [0.15, 0.2) is 5.78 Å². The highest BCUT2D eigenvalue weighted by Crippen LogP contribution is 2.36. The summed E-state index contributed by atoms with van der Waals surface area (Å²) < 4.78 is 5.05. The highest BCUT2D eigenvalue weighted by atomic mass is 16.5. The average molecular weight is 516 g/mol. The fourth-order valence-corrected chi connectivity index (χ4v) is 5.97. The van der Waals surface area contributed by atoms with Gasteiger partial charge >= 0.3 is 0 Å². The second-order valence-electron chi connectivity index (χ2n) is 10.8. The summed E-state index contributed by atoms with van der Waals surface area (Å²) in [5, 5.41) is 7.36. The van der Waals surface area contributed by atoms with E-state index in [0.29, 0.717) is 42.5 Å². The van der Waals surface area contributed by atoms with Crippen LogP contribution in [0.5, 0.6) is 0 Å². The molecule has 1 heterocycles. The summed E-state index contributed by atoms with van der Waals surface area (Å²) in [7, 11) is 0. The van der Waals surface area contributed by atoms with Crippen molar-refractivity contribution in [1.82, 2.24) is 15.5 Å². The van der Waals surface area contributed by atoms with Crippen molar-refractivity contribution in [2.24, 2.45) is 5.92 Å². The van der Waals surface area contributed by atoms with Gasteiger partial charge in [0, 0.05) is 30.5 Å². The summed E-state index contributed by atoms with van der Waals surface area (Å²) in [5.41, 5.74) is 1.88. The minimum Gasteiger partial charge on any atom is -0.353 e. The molecular weight excluding hydrogens is 474 g/mol. The molecule has 6 nitrogen and oxygen atoms in total. The van der Waals surface area contributed by atoms with Gasteiger partial charge in [0.25, 0.3) is 0 Å². The molecule has 1 aliphatic carbocycles. The van der Waals surface area contributed by atoms with Crippen LogP contribution < -0.4 is 5.32 Å². The number of benzene rings is 2. The van der Waals surface area contributed by atoms with Crippen molar-refractivity contribution in [2.45, 2.75) is 96.4 Å². The van der Waals surface area contributed by atoms with Crippen LogP contribution >= 0.6 is 0 Å². The molecule has 1 aliphatic rings. The van der Waals surface area contributed by atoms with E-state index in [2.05, 4.69) is 41.4 Å². The zero-order chi connectivity index (χ0) is 27.0. The van der Waals surface area contributed by atoms with Crippen molar-refractivity contribution in [3.8, 4) is 11.4 Å². The highest BCUT2D eigenvalue weighted by Gasteiger charge is 2.40. The van der Waals surface area contributed by atoms with E-state index in [1.807, 2.05) is 42.5 Å². The van der Waals surface area contributed by atoms with Gasteiger partial charge in [0.05, 0.1) is 5.41 Å². The number of rotatable bonds is 12. The molecule has 0 saturated heterocycles. The maximum absolute atomic E-state index is 14.0. The minimum atomic E-state index is -0.639. The average Bonchev–Trinajstić information content (AvgIpc) is 3.39. The Bertz CT molecular complexity index is 1180. The van der Waals surface area contributed by atoms with Crippen molar-refractivity contribution in [3.05, 3.63) is 71.6 Å². The molecule has 38 heavy (non-hydrogen) atoms. The van der Waals surface area contributed by atoms with Crippen LogP contribution in [-0.4, -0.2) is 27.9 Å². The van der Waals surface area contributed by atoms with E-state index in [9.17, 15) is 9.59 Å². The highest BCUT2D eigenvalue weighted by molar-refractivity contribution is 5.96. The predicted octanol–water partition coefficient (Wildman–Crippen LogP) is 7.22. The number of aryl methyl sites for hydroxylation is 1. The van der Waals surface area contributed by atoms with Crippen molar-refractivity contribution in [3.63, 3.8) is 0 Å². The van der Waals surface area contributed by atoms with Crippen LogP contribution in [0.25, 0.3) is 11.4 Å². The van der Waals surface area contributed by atoms with E-state index < -0.39 is 5.41 Å². The molecule has 202 valence electrons. The zero-order valence-electron chi connectivity index (χ0n) is 23.0. The standard InChI is InChI=1S/C32H41N3O3/c1-4-21-32(28-14-9-6-10-15-28,31(37)33-23(2)25-12-7-5-8-13-25)22-11-16-29(36)26-17-19-27(20-18-26)30-34-24(3)38-35-30/h6,9-10,14-15,17-20,23,25H,4-5,7-8,11-13,16,21-22H2,1-3H3,(H,33,37)/t23-,32?/m0/s1. The molecule has 0 bridgehead atoms. The van der Waals surface area contributed by atoms with Crippen LogP contribution in [0.4, 0.5) is 0 Å². The maximum Gasteiger partial charge on any atom is 0.230 e. The van der Waals surface area contributed by atoms with E-state index in [4.69, 9.17) is 4.52 Å². The summed E-state index contributed by atoms with van der Waals surface area (Å²) in [5.74, 6) is 1.75. The lowest BCUT2D eigenvalue weighted by Crippen LogP contribution is -2.49. The van der Waals surface area contributed by atoms with E-state index in [-0.39, 0.29) is 17.7 Å². The maximum atomic E-state index is 14.0. The Morgan fingerprint density at radius 2 is 1.74 bits per heavy atom. The summed E-state index contributed by atoms with van der Waals surface area (Å²) in [6.45, 7) is 6.05. The normalized spacial score (nSPS) is 16.5. The van der Waals surface area contributed by atoms with Crippen LogP contribution in [0.2, 0.25) is 0 Å². The molecule has 1 N–H and O–H groups in total. The fraction of sp³-hybridized carbons (Fsp3) is 0.500. The second kappa shape index (κ2) is 13.0. The molecule has 1 saturated carbocycles. The summed E-state index contributed by atoms with van der Waals surface area (Å²) in [4.78, 5) is 31.3. The van der Waals surface area contributed by atoms with Gasteiger partial charge < -0.3 is 9.84 Å². The Kier molecular flexibility index (Phi) is 9.48. The number of carbonyl (C=O) groups is 2. The van der Waals surface area contributed by atoms with Gasteiger partial charge in [-0.3, -0.25) is 9.59 Å². The Hall–Kier alpha value is -3.28. The molecule has 2 aromatic carbocycles. The molecule has 0 radical (unpaired) electrons. The third kappa shape index (κ3) is 6.58. The lowest BCUT2D eigenvalue weighted by molar-refractivity contribution is -0.128. The topological polar surface area (TPSA) is 85.1 Å². The molecule has 3 aromatic rings. The summed E-state index contributed by atoms with van der Waals surface area (Å²) >= 11 is 0. The zero-order valence-corrected chi connectivity index (χ0v) is 23.0. The Labute approximate surface area is 226 Å². The van der Waals surface area contributed by atoms with Crippen LogP contribution in [0, 0.1) is 12.8 Å². The Morgan fingerprint density at radius 1 is 1.03 bits per heavy atom. The van der Waals surface area contributed by atoms with Gasteiger partial charge in [0.1, 0.15) is 0 Å². The van der Waals surface area contributed by atoms with E-state index in [1.54, 1.807) is 6.92 Å². The Morgan fingerprint density at radius 3 is 2.37 bits per heavy atom. The van der Waals surface area contributed by atoms with Gasteiger partial charge in [-0.1, -0.05) is 92.4 Å². The third-order valence-electron chi connectivity index (χ3n) is 8.15. The van der Waals surface area contributed by atoms with Crippen molar-refractivity contribution in [1.29, 1.82) is 0 Å². The lowest BCUT2D eigenvalue weighted by atomic mass is 9.71. The van der Waals surface area contributed by atoms with Gasteiger partial charge in [-0.25, -0.2) is 0 Å². The first-order chi connectivity index (χ1) is 18.4. The number of carbonyl (C=O) groups excluding carboxylic acids is 2. The molecule has 0 aliphatic heterocycles. The number of nitrogens with zero attached hydrogens (tertiary/aromatic N) is 2.